The normalized spacial score (nSPS) is 17.7. The maximum Gasteiger partial charge on any atom is 0.251 e. The predicted molar refractivity (Wildman–Crippen MR) is 132 cm³/mol. The fourth-order valence-electron chi connectivity index (χ4n) is 3.49. The van der Waals surface area contributed by atoms with Crippen LogP contribution in [0.5, 0.6) is 0 Å². The fraction of sp³-hybridized carbons (Fsp3) is 0.462. The van der Waals surface area contributed by atoms with Gasteiger partial charge in [0.1, 0.15) is 11.7 Å². The maximum atomic E-state index is 12.4. The van der Waals surface area contributed by atoms with Gasteiger partial charge in [-0.05, 0) is 55.9 Å². The Labute approximate surface area is 188 Å². The summed E-state index contributed by atoms with van der Waals surface area (Å²) in [5, 5.41) is 6.43. The van der Waals surface area contributed by atoms with Crippen molar-refractivity contribution in [1.29, 1.82) is 0 Å². The first kappa shape index (κ1) is 24.4. The molecule has 1 aromatic rings. The zero-order valence-electron chi connectivity index (χ0n) is 20.0. The minimum atomic E-state index is -0.0267. The second-order valence-electron chi connectivity index (χ2n) is 8.31. The lowest BCUT2D eigenvalue weighted by Gasteiger charge is -2.31. The molecule has 0 saturated carbocycles. The maximum absolute atomic E-state index is 12.4. The van der Waals surface area contributed by atoms with E-state index >= 15 is 0 Å². The number of benzene rings is 1. The van der Waals surface area contributed by atoms with E-state index in [2.05, 4.69) is 42.0 Å². The van der Waals surface area contributed by atoms with Gasteiger partial charge in [-0.1, -0.05) is 52.0 Å². The Hall–Kier alpha value is -2.82. The molecule has 5 heteroatoms. The Balaban J connectivity index is 2.36. The SMILES string of the molecule is C=C/C(=C1/NC(C)=CC(=NCCC(C)CC)N1C)c1ccc(C(=O)NCCC)c(C)c1. The van der Waals surface area contributed by atoms with Gasteiger partial charge >= 0.3 is 0 Å². The van der Waals surface area contributed by atoms with E-state index in [1.807, 2.05) is 52.1 Å². The minimum absolute atomic E-state index is 0.0267. The molecule has 1 aliphatic heterocycles. The zero-order valence-corrected chi connectivity index (χ0v) is 20.0. The molecular formula is C26H38N4O. The summed E-state index contributed by atoms with van der Waals surface area (Å²) in [7, 11) is 2.02. The first-order chi connectivity index (χ1) is 14.8. The van der Waals surface area contributed by atoms with Crippen molar-refractivity contribution < 1.29 is 4.79 Å². The molecule has 2 rings (SSSR count). The third kappa shape index (κ3) is 6.33. The van der Waals surface area contributed by atoms with E-state index in [4.69, 9.17) is 4.99 Å². The minimum Gasteiger partial charge on any atom is -0.352 e. The molecule has 1 atom stereocenters. The number of aryl methyl sites for hydroxylation is 1. The summed E-state index contributed by atoms with van der Waals surface area (Å²) in [6.07, 6.45) is 7.12. The Morgan fingerprint density at radius 2 is 2.06 bits per heavy atom. The van der Waals surface area contributed by atoms with Crippen molar-refractivity contribution in [3.8, 4) is 0 Å². The van der Waals surface area contributed by atoms with Gasteiger partial charge in [0.15, 0.2) is 0 Å². The van der Waals surface area contributed by atoms with Crippen molar-refractivity contribution in [2.45, 2.75) is 53.9 Å². The molecule has 0 aromatic heterocycles. The predicted octanol–water partition coefficient (Wildman–Crippen LogP) is 5.26. The molecular weight excluding hydrogens is 384 g/mol. The van der Waals surface area contributed by atoms with E-state index in [9.17, 15) is 4.79 Å². The number of rotatable bonds is 9. The molecule has 1 amide bonds. The summed E-state index contributed by atoms with van der Waals surface area (Å²) in [6, 6.07) is 5.93. The molecule has 5 nitrogen and oxygen atoms in total. The lowest BCUT2D eigenvalue weighted by Crippen LogP contribution is -2.38. The molecule has 0 spiro atoms. The quantitative estimate of drug-likeness (QED) is 0.570. The van der Waals surface area contributed by atoms with Crippen molar-refractivity contribution in [3.05, 3.63) is 65.1 Å². The zero-order chi connectivity index (χ0) is 23.0. The largest absolute Gasteiger partial charge is 0.352 e. The molecule has 1 unspecified atom stereocenters. The van der Waals surface area contributed by atoms with Crippen LogP contribution in [0, 0.1) is 12.8 Å². The number of hydrogen-bond acceptors (Lipinski definition) is 3. The molecule has 2 N–H and O–H groups in total. The van der Waals surface area contributed by atoms with Crippen LogP contribution in [-0.4, -0.2) is 36.8 Å². The summed E-state index contributed by atoms with van der Waals surface area (Å²) in [4.78, 5) is 19.3. The first-order valence-corrected chi connectivity index (χ1v) is 11.3. The van der Waals surface area contributed by atoms with Crippen LogP contribution in [0.15, 0.2) is 53.4 Å². The van der Waals surface area contributed by atoms with Crippen LogP contribution < -0.4 is 10.6 Å². The fourth-order valence-corrected chi connectivity index (χ4v) is 3.49. The van der Waals surface area contributed by atoms with Gasteiger partial charge in [0, 0.05) is 37.0 Å². The number of amides is 1. The van der Waals surface area contributed by atoms with Gasteiger partial charge in [0.05, 0.1) is 0 Å². The molecule has 0 aliphatic carbocycles. The van der Waals surface area contributed by atoms with Crippen molar-refractivity contribution in [3.63, 3.8) is 0 Å². The number of allylic oxidation sites excluding steroid dienone is 3. The number of nitrogens with one attached hydrogen (secondary N) is 2. The monoisotopic (exact) mass is 422 g/mol. The lowest BCUT2D eigenvalue weighted by molar-refractivity contribution is 0.0953. The average molecular weight is 423 g/mol. The van der Waals surface area contributed by atoms with Gasteiger partial charge in [-0.3, -0.25) is 9.79 Å². The van der Waals surface area contributed by atoms with Crippen LogP contribution in [0.3, 0.4) is 0 Å². The van der Waals surface area contributed by atoms with E-state index in [1.165, 1.54) is 6.42 Å². The van der Waals surface area contributed by atoms with Gasteiger partial charge in [-0.2, -0.15) is 0 Å². The second-order valence-corrected chi connectivity index (χ2v) is 8.31. The molecule has 0 bridgehead atoms. The smallest absolute Gasteiger partial charge is 0.251 e. The summed E-state index contributed by atoms with van der Waals surface area (Å²) in [6.45, 7) is 16.1. The Bertz CT molecular complexity index is 895. The van der Waals surface area contributed by atoms with Crippen molar-refractivity contribution in [2.24, 2.45) is 10.9 Å². The van der Waals surface area contributed by atoms with E-state index in [-0.39, 0.29) is 5.91 Å². The summed E-state index contributed by atoms with van der Waals surface area (Å²) in [5.74, 6) is 2.54. The van der Waals surface area contributed by atoms with Crippen LogP contribution in [0.1, 0.15) is 68.4 Å². The topological polar surface area (TPSA) is 56.7 Å². The molecule has 1 aliphatic rings. The number of hydrogen-bond donors (Lipinski definition) is 2. The highest BCUT2D eigenvalue weighted by Gasteiger charge is 2.20. The molecule has 0 saturated heterocycles. The van der Waals surface area contributed by atoms with Gasteiger partial charge < -0.3 is 15.5 Å². The Morgan fingerprint density at radius 1 is 1.32 bits per heavy atom. The lowest BCUT2D eigenvalue weighted by atomic mass is 9.98. The van der Waals surface area contributed by atoms with E-state index in [1.54, 1.807) is 0 Å². The van der Waals surface area contributed by atoms with Crippen LogP contribution in [-0.2, 0) is 0 Å². The third-order valence-corrected chi connectivity index (χ3v) is 5.71. The molecule has 0 fully saturated rings. The highest BCUT2D eigenvalue weighted by Crippen LogP contribution is 2.26. The molecule has 168 valence electrons. The molecule has 1 aromatic carbocycles. The number of likely N-dealkylation sites (N-methyl/N-ethyl adjacent to an activating group) is 1. The van der Waals surface area contributed by atoms with Gasteiger partial charge in [-0.15, -0.1) is 0 Å². The molecule has 0 radical (unpaired) electrons. The van der Waals surface area contributed by atoms with E-state index in [0.29, 0.717) is 18.0 Å². The molecule has 31 heavy (non-hydrogen) atoms. The summed E-state index contributed by atoms with van der Waals surface area (Å²) < 4.78 is 0. The third-order valence-electron chi connectivity index (χ3n) is 5.71. The van der Waals surface area contributed by atoms with Gasteiger partial charge in [-0.25, -0.2) is 0 Å². The summed E-state index contributed by atoms with van der Waals surface area (Å²) >= 11 is 0. The van der Waals surface area contributed by atoms with Gasteiger partial charge in [0.25, 0.3) is 5.91 Å². The van der Waals surface area contributed by atoms with Crippen molar-refractivity contribution in [2.75, 3.05) is 20.1 Å². The van der Waals surface area contributed by atoms with Crippen LogP contribution in [0.4, 0.5) is 0 Å². The Kier molecular flexibility index (Phi) is 9.10. The van der Waals surface area contributed by atoms with E-state index < -0.39 is 0 Å². The average Bonchev–Trinajstić information content (AvgIpc) is 2.75. The van der Waals surface area contributed by atoms with Crippen molar-refractivity contribution in [1.82, 2.24) is 15.5 Å². The van der Waals surface area contributed by atoms with Gasteiger partial charge in [0.2, 0.25) is 0 Å². The Morgan fingerprint density at radius 3 is 2.68 bits per heavy atom. The number of carbonyl (C=O) groups is 1. The second kappa shape index (κ2) is 11.5. The number of carbonyl (C=O) groups excluding carboxylic acids is 1. The van der Waals surface area contributed by atoms with Crippen LogP contribution in [0.25, 0.3) is 5.57 Å². The first-order valence-electron chi connectivity index (χ1n) is 11.3. The standard InChI is InChI=1S/C26H38N4O/c1-8-14-28-26(31)23-12-11-21(16-19(23)5)22(10-3)25-29-20(6)17-24(30(25)7)27-15-13-18(4)9-2/h10-12,16-18,29H,3,8-9,13-15H2,1-2,4-7H3,(H,28,31)/b25-22+,27-24?. The number of aliphatic imine (C=N–C) groups is 1. The summed E-state index contributed by atoms with van der Waals surface area (Å²) in [5.41, 5.74) is 4.69. The van der Waals surface area contributed by atoms with E-state index in [0.717, 1.165) is 53.4 Å². The molecule has 1 heterocycles. The highest BCUT2D eigenvalue weighted by atomic mass is 16.1. The number of nitrogens with zero attached hydrogens (tertiary/aromatic N) is 2. The highest BCUT2D eigenvalue weighted by molar-refractivity contribution is 5.98. The van der Waals surface area contributed by atoms with Crippen molar-refractivity contribution >= 4 is 17.3 Å². The van der Waals surface area contributed by atoms with Crippen LogP contribution >= 0.6 is 0 Å². The van der Waals surface area contributed by atoms with Crippen LogP contribution in [0.2, 0.25) is 0 Å². The number of amidine groups is 1.